The molecule has 2 rings (SSSR count). The molecule has 0 spiro atoms. The van der Waals surface area contributed by atoms with Crippen molar-refractivity contribution in [3.8, 4) is 0 Å². The third-order valence-electron chi connectivity index (χ3n) is 2.30. The Balaban J connectivity index is 2.24. The van der Waals surface area contributed by atoms with Crippen LogP contribution in [0.15, 0.2) is 0 Å². The highest BCUT2D eigenvalue weighted by atomic mass is 16.5. The van der Waals surface area contributed by atoms with Crippen LogP contribution >= 0.6 is 0 Å². The minimum atomic E-state index is 0.246. The smallest absolute Gasteiger partial charge is 0.246 e. The van der Waals surface area contributed by atoms with E-state index in [2.05, 4.69) is 10.1 Å². The molecule has 1 atom stereocenters. The van der Waals surface area contributed by atoms with Crippen LogP contribution in [0.25, 0.3) is 0 Å². The molecule has 1 aliphatic rings. The van der Waals surface area contributed by atoms with Crippen molar-refractivity contribution in [2.75, 3.05) is 37.9 Å². The normalized spacial score (nSPS) is 21.4. The van der Waals surface area contributed by atoms with Crippen LogP contribution in [0, 0.1) is 0 Å². The quantitative estimate of drug-likeness (QED) is 0.716. The Labute approximate surface area is 82.7 Å². The highest BCUT2D eigenvalue weighted by Crippen LogP contribution is 2.21. The standard InChI is InChI=1S/C8H15N5O/c1-12(2)8-10-7(9)13(11-8)6-3-4-14-5-6/h6H,3-5H2,1-2H3,(H2,9,10,11). The third-order valence-corrected chi connectivity index (χ3v) is 2.30. The molecule has 6 nitrogen and oxygen atoms in total. The molecule has 0 saturated carbocycles. The second-order valence-electron chi connectivity index (χ2n) is 3.63. The van der Waals surface area contributed by atoms with Gasteiger partial charge in [-0.1, -0.05) is 0 Å². The summed E-state index contributed by atoms with van der Waals surface area (Å²) in [6, 6.07) is 0.246. The summed E-state index contributed by atoms with van der Waals surface area (Å²) in [5.74, 6) is 1.11. The Kier molecular flexibility index (Phi) is 2.28. The number of hydrogen-bond acceptors (Lipinski definition) is 5. The third kappa shape index (κ3) is 1.52. The van der Waals surface area contributed by atoms with E-state index in [9.17, 15) is 0 Å². The van der Waals surface area contributed by atoms with E-state index < -0.39 is 0 Å². The number of nitrogens with zero attached hydrogens (tertiary/aromatic N) is 4. The Morgan fingerprint density at radius 3 is 2.86 bits per heavy atom. The van der Waals surface area contributed by atoms with Crippen LogP contribution < -0.4 is 10.6 Å². The topological polar surface area (TPSA) is 69.2 Å². The minimum Gasteiger partial charge on any atom is -0.379 e. The Morgan fingerprint density at radius 2 is 2.36 bits per heavy atom. The first kappa shape index (κ1) is 9.26. The van der Waals surface area contributed by atoms with E-state index in [-0.39, 0.29) is 6.04 Å². The molecule has 2 heterocycles. The number of hydrogen-bond donors (Lipinski definition) is 1. The zero-order valence-corrected chi connectivity index (χ0v) is 8.47. The molecule has 2 N–H and O–H groups in total. The molecule has 1 saturated heterocycles. The zero-order valence-electron chi connectivity index (χ0n) is 8.47. The van der Waals surface area contributed by atoms with Gasteiger partial charge >= 0.3 is 0 Å². The van der Waals surface area contributed by atoms with Crippen molar-refractivity contribution in [1.29, 1.82) is 0 Å². The van der Waals surface area contributed by atoms with Gasteiger partial charge in [0.05, 0.1) is 12.6 Å². The lowest BCUT2D eigenvalue weighted by Crippen LogP contribution is -2.14. The Bertz CT molecular complexity index is 316. The molecule has 0 amide bonds. The molecule has 0 radical (unpaired) electrons. The SMILES string of the molecule is CN(C)c1nc(N)n(C2CCOC2)n1. The maximum absolute atomic E-state index is 5.77. The van der Waals surface area contributed by atoms with Crippen molar-refractivity contribution in [2.24, 2.45) is 0 Å². The van der Waals surface area contributed by atoms with Crippen molar-refractivity contribution in [3.05, 3.63) is 0 Å². The summed E-state index contributed by atoms with van der Waals surface area (Å²) < 4.78 is 7.03. The number of nitrogen functional groups attached to an aromatic ring is 1. The zero-order chi connectivity index (χ0) is 10.1. The number of rotatable bonds is 2. The first-order chi connectivity index (χ1) is 6.68. The van der Waals surface area contributed by atoms with Gasteiger partial charge in [-0.3, -0.25) is 0 Å². The van der Waals surface area contributed by atoms with Crippen LogP contribution in [-0.4, -0.2) is 42.1 Å². The summed E-state index contributed by atoms with van der Waals surface area (Å²) >= 11 is 0. The van der Waals surface area contributed by atoms with E-state index in [0.717, 1.165) is 13.0 Å². The maximum atomic E-state index is 5.77. The molecule has 1 unspecified atom stereocenters. The van der Waals surface area contributed by atoms with Gasteiger partial charge in [-0.05, 0) is 6.42 Å². The van der Waals surface area contributed by atoms with Gasteiger partial charge in [0.25, 0.3) is 0 Å². The van der Waals surface area contributed by atoms with E-state index in [4.69, 9.17) is 10.5 Å². The highest BCUT2D eigenvalue weighted by Gasteiger charge is 2.22. The molecular weight excluding hydrogens is 182 g/mol. The van der Waals surface area contributed by atoms with Gasteiger partial charge in [0.2, 0.25) is 11.9 Å². The number of aromatic nitrogens is 3. The van der Waals surface area contributed by atoms with E-state index in [0.29, 0.717) is 18.5 Å². The first-order valence-corrected chi connectivity index (χ1v) is 4.65. The molecule has 0 aliphatic carbocycles. The molecule has 0 bridgehead atoms. The van der Waals surface area contributed by atoms with E-state index in [1.54, 1.807) is 4.68 Å². The van der Waals surface area contributed by atoms with Gasteiger partial charge < -0.3 is 15.4 Å². The molecule has 1 aromatic rings. The van der Waals surface area contributed by atoms with E-state index >= 15 is 0 Å². The number of nitrogens with two attached hydrogens (primary N) is 1. The summed E-state index contributed by atoms with van der Waals surface area (Å²) in [6.45, 7) is 1.46. The lowest BCUT2D eigenvalue weighted by Gasteiger charge is -2.08. The second kappa shape index (κ2) is 3.45. The summed E-state index contributed by atoms with van der Waals surface area (Å²) in [4.78, 5) is 5.99. The van der Waals surface area contributed by atoms with Gasteiger partial charge in [-0.15, -0.1) is 5.10 Å². The molecule has 14 heavy (non-hydrogen) atoms. The van der Waals surface area contributed by atoms with Crippen molar-refractivity contribution in [1.82, 2.24) is 14.8 Å². The van der Waals surface area contributed by atoms with Crippen LogP contribution in [0.2, 0.25) is 0 Å². The van der Waals surface area contributed by atoms with Crippen LogP contribution in [0.4, 0.5) is 11.9 Å². The fraction of sp³-hybridized carbons (Fsp3) is 0.750. The molecule has 0 aromatic carbocycles. The fourth-order valence-electron chi connectivity index (χ4n) is 1.50. The predicted molar refractivity (Wildman–Crippen MR) is 53.2 cm³/mol. The lowest BCUT2D eigenvalue weighted by atomic mass is 10.3. The largest absolute Gasteiger partial charge is 0.379 e. The summed E-state index contributed by atoms with van der Waals surface area (Å²) in [5.41, 5.74) is 5.77. The van der Waals surface area contributed by atoms with Gasteiger partial charge in [-0.2, -0.15) is 4.98 Å². The van der Waals surface area contributed by atoms with Gasteiger partial charge in [0, 0.05) is 20.7 Å². The lowest BCUT2D eigenvalue weighted by molar-refractivity contribution is 0.185. The molecule has 78 valence electrons. The fourth-order valence-corrected chi connectivity index (χ4v) is 1.50. The number of ether oxygens (including phenoxy) is 1. The minimum absolute atomic E-state index is 0.246. The molecule has 1 aliphatic heterocycles. The van der Waals surface area contributed by atoms with E-state index in [1.807, 2.05) is 19.0 Å². The number of anilines is 2. The first-order valence-electron chi connectivity index (χ1n) is 4.65. The van der Waals surface area contributed by atoms with Crippen LogP contribution in [-0.2, 0) is 4.74 Å². The monoisotopic (exact) mass is 197 g/mol. The molecule has 6 heteroatoms. The average molecular weight is 197 g/mol. The van der Waals surface area contributed by atoms with Crippen LogP contribution in [0.3, 0.4) is 0 Å². The summed E-state index contributed by atoms with van der Waals surface area (Å²) in [6.07, 6.45) is 0.959. The highest BCUT2D eigenvalue weighted by molar-refractivity contribution is 5.33. The van der Waals surface area contributed by atoms with Crippen LogP contribution in [0.1, 0.15) is 12.5 Å². The molecular formula is C8H15N5O. The summed E-state index contributed by atoms with van der Waals surface area (Å²) in [5, 5.41) is 4.32. The second-order valence-corrected chi connectivity index (χ2v) is 3.63. The average Bonchev–Trinajstić information content (AvgIpc) is 2.71. The van der Waals surface area contributed by atoms with Crippen LogP contribution in [0.5, 0.6) is 0 Å². The molecule has 1 fully saturated rings. The van der Waals surface area contributed by atoms with Crippen molar-refractivity contribution in [2.45, 2.75) is 12.5 Å². The maximum Gasteiger partial charge on any atom is 0.246 e. The van der Waals surface area contributed by atoms with E-state index in [1.165, 1.54) is 0 Å². The van der Waals surface area contributed by atoms with Gasteiger partial charge in [-0.25, -0.2) is 4.68 Å². The van der Waals surface area contributed by atoms with Crippen molar-refractivity contribution >= 4 is 11.9 Å². The van der Waals surface area contributed by atoms with Crippen molar-refractivity contribution < 1.29 is 4.74 Å². The van der Waals surface area contributed by atoms with Gasteiger partial charge in [0.15, 0.2) is 0 Å². The Morgan fingerprint density at radius 1 is 1.57 bits per heavy atom. The van der Waals surface area contributed by atoms with Gasteiger partial charge in [0.1, 0.15) is 0 Å². The Hall–Kier alpha value is -1.30. The summed E-state index contributed by atoms with van der Waals surface area (Å²) in [7, 11) is 3.79. The predicted octanol–water partition coefficient (Wildman–Crippen LogP) is -0.112. The molecule has 1 aromatic heterocycles. The van der Waals surface area contributed by atoms with Crippen molar-refractivity contribution in [3.63, 3.8) is 0 Å².